The molecule has 10 aromatic rings. The summed E-state index contributed by atoms with van der Waals surface area (Å²) in [6.45, 7) is 7.43. The van der Waals surface area contributed by atoms with Crippen molar-refractivity contribution in [2.45, 2.75) is 118 Å². The number of halogens is 2. The number of primary amides is 2. The number of likely N-dealkylation sites (tertiary alicyclic amines) is 1. The van der Waals surface area contributed by atoms with Gasteiger partial charge in [-0.3, -0.25) is 29.1 Å². The van der Waals surface area contributed by atoms with E-state index < -0.39 is 48.4 Å². The van der Waals surface area contributed by atoms with Crippen molar-refractivity contribution in [3.8, 4) is 22.3 Å². The van der Waals surface area contributed by atoms with E-state index in [9.17, 15) is 38.2 Å². The van der Waals surface area contributed by atoms with Crippen LogP contribution in [0.4, 0.5) is 8.78 Å². The van der Waals surface area contributed by atoms with Crippen LogP contribution in [0.1, 0.15) is 82.6 Å². The van der Waals surface area contributed by atoms with Crippen LogP contribution in [0, 0.1) is 27.7 Å². The van der Waals surface area contributed by atoms with Crippen molar-refractivity contribution < 1.29 is 43.3 Å². The molecule has 8 aromatic heterocycles. The number of amides is 3. The normalized spacial score (nSPS) is 17.0. The molecule has 8 N–H and O–H groups in total. The van der Waals surface area contributed by atoms with E-state index in [0.717, 1.165) is 62.0 Å². The second kappa shape index (κ2) is 27.4. The summed E-state index contributed by atoms with van der Waals surface area (Å²) in [4.78, 5) is 67.7. The van der Waals surface area contributed by atoms with Gasteiger partial charge in [0.15, 0.2) is 11.3 Å². The van der Waals surface area contributed by atoms with Crippen molar-refractivity contribution in [1.29, 1.82) is 0 Å². The molecule has 24 heteroatoms. The Hall–Kier alpha value is -8.97. The summed E-state index contributed by atoms with van der Waals surface area (Å²) >= 11 is 0. The summed E-state index contributed by atoms with van der Waals surface area (Å²) < 4.78 is 34.0. The molecule has 0 aliphatic carbocycles. The van der Waals surface area contributed by atoms with Gasteiger partial charge in [0.05, 0.1) is 47.3 Å². The number of aryl methyl sites for hydroxylation is 4. The maximum Gasteiger partial charge on any atom is 0.323 e. The zero-order valence-corrected chi connectivity index (χ0v) is 47.5. The monoisotopic (exact) mass is 1190 g/mol. The van der Waals surface area contributed by atoms with Gasteiger partial charge < -0.3 is 46.1 Å². The van der Waals surface area contributed by atoms with Crippen LogP contribution in [0.15, 0.2) is 122 Å². The third-order valence-corrected chi connectivity index (χ3v) is 14.8. The number of hydrogen-bond donors (Lipinski definition) is 6. The molecule has 0 radical (unpaired) electrons. The Balaban J connectivity index is 0.000000201. The number of aliphatic carboxylic acids is 1. The Kier molecular flexibility index (Phi) is 20.6. The van der Waals surface area contributed by atoms with Gasteiger partial charge in [0.25, 0.3) is 11.8 Å². The number of benzene rings is 2. The topological polar surface area (TPSA) is 292 Å². The lowest BCUT2D eigenvalue weighted by molar-refractivity contribution is -0.137. The van der Waals surface area contributed by atoms with Gasteiger partial charge in [-0.2, -0.15) is 23.7 Å². The van der Waals surface area contributed by atoms with Crippen LogP contribution in [0.3, 0.4) is 0 Å². The van der Waals surface area contributed by atoms with E-state index in [-0.39, 0.29) is 83.9 Å². The molecule has 452 valence electrons. The van der Waals surface area contributed by atoms with Crippen LogP contribution < -0.4 is 16.8 Å². The first-order chi connectivity index (χ1) is 39.7. The zero-order valence-electron chi connectivity index (χ0n) is 46.5. The third-order valence-electron chi connectivity index (χ3n) is 14.8. The van der Waals surface area contributed by atoms with E-state index in [0.29, 0.717) is 46.9 Å². The molecule has 21 nitrogen and oxygen atoms in total. The van der Waals surface area contributed by atoms with Gasteiger partial charge in [-0.1, -0.05) is 39.1 Å². The molecule has 2 aromatic carbocycles. The van der Waals surface area contributed by atoms with E-state index in [2.05, 4.69) is 35.5 Å². The number of nitrogens with two attached hydrogens (primary N) is 2. The number of aromatic nitrogens is 10. The van der Waals surface area contributed by atoms with Gasteiger partial charge in [-0.15, -0.1) is 0 Å². The van der Waals surface area contributed by atoms with Crippen LogP contribution in [0.5, 0.6) is 0 Å². The van der Waals surface area contributed by atoms with Crippen molar-refractivity contribution in [3.05, 3.63) is 167 Å². The largest absolute Gasteiger partial charge is 0.480 e. The minimum absolute atomic E-state index is 0. The number of nitrogens with zero attached hydrogens (tertiary/aromatic N) is 11. The van der Waals surface area contributed by atoms with Crippen LogP contribution in [0.2, 0.25) is 0 Å². The van der Waals surface area contributed by atoms with E-state index in [1.807, 2.05) is 113 Å². The van der Waals surface area contributed by atoms with Crippen LogP contribution in [0.25, 0.3) is 55.4 Å². The number of fused-ring (bicyclic) bond motifs is 4. The standard InChI is InChI=1S/C30H30FN7O3.C18H15N5O3.C12H17FN2O.2CH4.H2S/c1-17-4-3-5-22(34-17)11-27(39)26-10-21(31)14-37(26)29(40)16-36-15-24(30(32)41)23-9-19(6-7-25(23)36)20-12-33-28-8-18(2)35-38(28)13-20;1-10-4-16-20-6-12(7-23(16)21-10)11-2-3-15-13(5-11)14(18(19)26)8-22(15)9-17(24)25;1-8-3-2-4-10(15-8)6-12(16)11-5-9(13)7-14-11;;;/h3-9,12-13,15,21,26-27,39H,10-11,14,16H2,1-2H3,(H2,32,41);2-8H,9H2,1H3,(H2,19,26)(H,24,25);2-4,9,11-12,14,16H,5-7H2,1H3;2*1H4;1H2/t21-,26-,27?;;9-,11-,12?;;;/m1.1.../s1. The number of carboxylic acids is 1. The summed E-state index contributed by atoms with van der Waals surface area (Å²) in [6.07, 6.45) is 7.76. The van der Waals surface area contributed by atoms with E-state index in [1.165, 1.54) is 15.7 Å². The average Bonchev–Trinajstić information content (AvgIpc) is 2.01. The quantitative estimate of drug-likeness (QED) is 0.0627. The van der Waals surface area contributed by atoms with Gasteiger partial charge in [0.2, 0.25) is 5.91 Å². The molecule has 2 saturated heterocycles. The number of carbonyl (C=O) groups is 4. The molecule has 12 rings (SSSR count). The van der Waals surface area contributed by atoms with Gasteiger partial charge >= 0.3 is 5.97 Å². The Morgan fingerprint density at radius 2 is 1.12 bits per heavy atom. The lowest BCUT2D eigenvalue weighted by Crippen LogP contribution is -2.45. The second-order valence-electron chi connectivity index (χ2n) is 21.2. The molecule has 6 atom stereocenters. The fourth-order valence-corrected chi connectivity index (χ4v) is 10.9. The molecule has 0 spiro atoms. The van der Waals surface area contributed by atoms with Crippen LogP contribution in [-0.2, 0) is 35.5 Å². The number of carboxylic acid groups (broad SMARTS) is 1. The Morgan fingerprint density at radius 1 is 0.628 bits per heavy atom. The molecule has 2 aliphatic heterocycles. The highest BCUT2D eigenvalue weighted by molar-refractivity contribution is 7.59. The first kappa shape index (κ1) is 64.6. The van der Waals surface area contributed by atoms with Crippen LogP contribution in [-0.4, -0.2) is 142 Å². The zero-order chi connectivity index (χ0) is 58.8. The first-order valence-corrected chi connectivity index (χ1v) is 27.0. The summed E-state index contributed by atoms with van der Waals surface area (Å²) in [7, 11) is 0. The number of carbonyl (C=O) groups excluding carboxylic acids is 3. The van der Waals surface area contributed by atoms with Crippen molar-refractivity contribution >= 4 is 70.3 Å². The molecule has 0 bridgehead atoms. The molecule has 3 amide bonds. The number of pyridine rings is 2. The second-order valence-corrected chi connectivity index (χ2v) is 21.2. The molecule has 10 heterocycles. The van der Waals surface area contributed by atoms with Crippen molar-refractivity contribution in [2.24, 2.45) is 11.5 Å². The number of hydrogen-bond acceptors (Lipinski definition) is 13. The average molecular weight is 1200 g/mol. The number of alkyl halides is 2. The highest BCUT2D eigenvalue weighted by atomic mass is 32.1. The summed E-state index contributed by atoms with van der Waals surface area (Å²) in [6, 6.07) is 25.2. The highest BCUT2D eigenvalue weighted by Crippen LogP contribution is 2.32. The third kappa shape index (κ3) is 14.6. The molecule has 2 unspecified atom stereocenters. The molecular formula is C62H72F2N14O7S. The van der Waals surface area contributed by atoms with Crippen molar-refractivity contribution in [2.75, 3.05) is 13.1 Å². The minimum atomic E-state index is -1.24. The van der Waals surface area contributed by atoms with Crippen molar-refractivity contribution in [1.82, 2.24) is 58.5 Å². The molecule has 2 aliphatic rings. The number of nitrogens with one attached hydrogen (secondary N) is 1. The smallest absolute Gasteiger partial charge is 0.323 e. The fraction of sp³-hybridized carbons (Fsp3) is 0.323. The predicted molar refractivity (Wildman–Crippen MR) is 330 cm³/mol. The Morgan fingerprint density at radius 3 is 1.57 bits per heavy atom. The van der Waals surface area contributed by atoms with Gasteiger partial charge in [0.1, 0.15) is 25.4 Å². The van der Waals surface area contributed by atoms with E-state index in [4.69, 9.17) is 16.6 Å². The lowest BCUT2D eigenvalue weighted by Gasteiger charge is -2.28. The predicted octanol–water partition coefficient (Wildman–Crippen LogP) is 7.23. The number of rotatable bonds is 14. The maximum atomic E-state index is 14.6. The fourth-order valence-electron chi connectivity index (χ4n) is 10.9. The van der Waals surface area contributed by atoms with Crippen molar-refractivity contribution in [3.63, 3.8) is 0 Å². The Labute approximate surface area is 502 Å². The Bertz CT molecular complexity index is 4090. The lowest BCUT2D eigenvalue weighted by atomic mass is 10.0. The van der Waals surface area contributed by atoms with E-state index >= 15 is 0 Å². The molecule has 2 fully saturated rings. The van der Waals surface area contributed by atoms with Gasteiger partial charge in [-0.05, 0) is 93.8 Å². The van der Waals surface area contributed by atoms with Gasteiger partial charge in [-0.25, -0.2) is 27.8 Å². The first-order valence-electron chi connectivity index (χ1n) is 27.0. The number of aliphatic hydroxyl groups is 2. The molecule has 0 saturated carbocycles. The SMILES string of the molecule is C.C.Cc1cc2ncc(-c3ccc4c(c3)c(C(N)=O)cn4CC(=O)O)cn2n1.Cc1cccc(CC(O)[C@H]2C[C@@H](F)CN2)n1.Cc1cccc(CC(O)[C@H]2C[C@@H](F)CN2C(=O)Cn2cc(C(N)=O)c3cc(-c4cnc5cc(C)nn5c4)ccc32)n1.S. The maximum absolute atomic E-state index is 14.6. The summed E-state index contributed by atoms with van der Waals surface area (Å²) in [5.41, 5.74) is 22.7. The molecule has 86 heavy (non-hydrogen) atoms. The molecular weight excluding hydrogens is 1120 g/mol. The number of aliphatic hydroxyl groups excluding tert-OH is 2. The minimum Gasteiger partial charge on any atom is -0.480 e. The van der Waals surface area contributed by atoms with Gasteiger partial charge in [0, 0.05) is 137 Å². The van der Waals surface area contributed by atoms with E-state index in [1.54, 1.807) is 44.3 Å². The highest BCUT2D eigenvalue weighted by Gasteiger charge is 2.40. The summed E-state index contributed by atoms with van der Waals surface area (Å²) in [5, 5.41) is 42.9. The van der Waals surface area contributed by atoms with Crippen LogP contribution >= 0.6 is 13.5 Å². The summed E-state index contributed by atoms with van der Waals surface area (Å²) in [5.74, 6) is -2.58.